The van der Waals surface area contributed by atoms with E-state index < -0.39 is 83.9 Å². The van der Waals surface area contributed by atoms with Crippen molar-refractivity contribution < 1.29 is 63.0 Å². The zero-order valence-electron chi connectivity index (χ0n) is 40.6. The van der Waals surface area contributed by atoms with Crippen LogP contribution in [0.3, 0.4) is 0 Å². The molecule has 0 aromatic carbocycles. The third-order valence-corrected chi connectivity index (χ3v) is 14.5. The van der Waals surface area contributed by atoms with Crippen LogP contribution in [0.2, 0.25) is 0 Å². The first-order chi connectivity index (χ1) is 30.7. The van der Waals surface area contributed by atoms with Gasteiger partial charge < -0.3 is 43.9 Å². The molecule has 3 aliphatic heterocycles. The molecule has 1 amide bonds. The van der Waals surface area contributed by atoms with Crippen molar-refractivity contribution in [3.63, 3.8) is 0 Å². The number of rotatable bonds is 6. The summed E-state index contributed by atoms with van der Waals surface area (Å²) >= 11 is 0. The molecule has 14 nitrogen and oxygen atoms in total. The monoisotopic (exact) mass is 914 g/mol. The Bertz CT molecular complexity index is 1760. The van der Waals surface area contributed by atoms with Crippen molar-refractivity contribution in [1.82, 2.24) is 4.90 Å². The van der Waals surface area contributed by atoms with Gasteiger partial charge in [-0.2, -0.15) is 0 Å². The number of Topliss-reactive ketones (excluding diaryl/α,β-unsaturated/α-hetero) is 3. The molecule has 14 heteroatoms. The number of ether oxygens (including phenoxy) is 5. The summed E-state index contributed by atoms with van der Waals surface area (Å²) in [5.41, 5.74) is 1.27. The molecule has 3 N–H and O–H groups in total. The second kappa shape index (κ2) is 25.1. The van der Waals surface area contributed by atoms with Gasteiger partial charge >= 0.3 is 5.97 Å². The number of aliphatic hydroxyl groups excluding tert-OH is 2. The Morgan fingerprint density at radius 2 is 1.57 bits per heavy atom. The Hall–Kier alpha value is -3.37. The minimum absolute atomic E-state index is 0.0193. The third-order valence-electron chi connectivity index (χ3n) is 14.5. The summed E-state index contributed by atoms with van der Waals surface area (Å²) in [4.78, 5) is 71.8. The zero-order chi connectivity index (χ0) is 48.2. The lowest BCUT2D eigenvalue weighted by Crippen LogP contribution is -2.61. The van der Waals surface area contributed by atoms with Gasteiger partial charge in [0.15, 0.2) is 5.78 Å². The summed E-state index contributed by atoms with van der Waals surface area (Å²) in [5, 5.41) is 33.8. The summed E-state index contributed by atoms with van der Waals surface area (Å²) in [6.45, 7) is 12.7. The SMILES string of the molecule is CO[C@H]1C[C@@H](C[C@H](C)[C@H]2CC(=O)[C@@H](C)/C=C(/C)[C@H](O)[C@H](OC)C(=O)[C@@H](C)C[C@@H](C)\C=C/C=C\C=C(\C)[C@H](OC)C[C@H]3CC[C@H](C)[C@](O)(O3)C(=O)C(=O)N3CCCC[C@@H]3C(=O)O2)CC[C@@H]1O. The highest BCUT2D eigenvalue weighted by Crippen LogP contribution is 2.38. The molecule has 4 rings (SSSR count). The molecule has 3 fully saturated rings. The first-order valence-electron chi connectivity index (χ1n) is 23.9. The number of carbonyl (C=O) groups is 5. The molecular formula is C51H79NO13. The van der Waals surface area contributed by atoms with Crippen molar-refractivity contribution in [2.24, 2.45) is 35.5 Å². The van der Waals surface area contributed by atoms with Gasteiger partial charge in [-0.05, 0) is 107 Å². The number of cyclic esters (lactones) is 1. The highest BCUT2D eigenvalue weighted by molar-refractivity contribution is 6.39. The van der Waals surface area contributed by atoms with Crippen LogP contribution in [-0.4, -0.2) is 132 Å². The van der Waals surface area contributed by atoms with E-state index >= 15 is 0 Å². The molecule has 1 aliphatic carbocycles. The van der Waals surface area contributed by atoms with Crippen molar-refractivity contribution in [2.45, 2.75) is 180 Å². The van der Waals surface area contributed by atoms with Crippen LogP contribution in [0.1, 0.15) is 126 Å². The molecular weight excluding hydrogens is 835 g/mol. The molecule has 0 aromatic rings. The van der Waals surface area contributed by atoms with E-state index in [2.05, 4.69) is 0 Å². The van der Waals surface area contributed by atoms with Crippen molar-refractivity contribution in [2.75, 3.05) is 27.9 Å². The highest BCUT2D eigenvalue weighted by atomic mass is 16.6. The topological polar surface area (TPSA) is 195 Å². The second-order valence-electron chi connectivity index (χ2n) is 19.6. The largest absolute Gasteiger partial charge is 0.460 e. The lowest BCUT2D eigenvalue weighted by molar-refractivity contribution is -0.265. The first-order valence-corrected chi connectivity index (χ1v) is 23.9. The average molecular weight is 914 g/mol. The Morgan fingerprint density at radius 3 is 2.25 bits per heavy atom. The number of piperidine rings is 1. The number of ketones is 3. The summed E-state index contributed by atoms with van der Waals surface area (Å²) in [5.74, 6) is -7.96. The molecule has 0 spiro atoms. The Morgan fingerprint density at radius 1 is 0.846 bits per heavy atom. The number of hydrogen-bond donors (Lipinski definition) is 3. The van der Waals surface area contributed by atoms with Gasteiger partial charge in [0, 0.05) is 58.5 Å². The maximum absolute atomic E-state index is 14.4. The second-order valence-corrected chi connectivity index (χ2v) is 19.6. The van der Waals surface area contributed by atoms with Crippen molar-refractivity contribution in [1.29, 1.82) is 0 Å². The maximum atomic E-state index is 14.4. The number of fused-ring (bicyclic) bond motifs is 3. The minimum atomic E-state index is -2.43. The third kappa shape index (κ3) is 14.3. The summed E-state index contributed by atoms with van der Waals surface area (Å²) in [6.07, 6.45) is 11.2. The Kier molecular flexibility index (Phi) is 21.0. The van der Waals surface area contributed by atoms with Gasteiger partial charge in [-0.1, -0.05) is 71.1 Å². The number of allylic oxidation sites excluding steroid dienone is 6. The van der Waals surface area contributed by atoms with Crippen molar-refractivity contribution in [3.8, 4) is 0 Å². The average Bonchev–Trinajstić information content (AvgIpc) is 3.28. The standard InChI is InChI=1S/C51H79NO13/c1-30-16-12-11-13-17-31(2)42(61-8)28-38-21-19-36(7)51(60,65-38)48(57)49(58)52-23-15-14-18-39(52)50(59)64-43(33(4)26-37-20-22-40(53)44(27-37)62-9)29-41(54)32(3)25-35(6)46(56)47(63-10)45(55)34(5)24-30/h11-13,16-17,25,30,32-34,36-40,42-44,46-47,53,56,60H,14-15,18-24,26-29H2,1-10H3/b13-11-,16-12-,31-17-,35-25-/t30-,32-,33-,34-,36-,37+,38+,39+,40-,42+,43+,44-,46-,47+,51-/m0/s1. The number of esters is 1. The van der Waals surface area contributed by atoms with Crippen LogP contribution < -0.4 is 0 Å². The molecule has 366 valence electrons. The molecule has 0 aromatic heterocycles. The molecule has 1 saturated carbocycles. The van der Waals surface area contributed by atoms with E-state index in [-0.39, 0.29) is 54.8 Å². The van der Waals surface area contributed by atoms with E-state index in [4.69, 9.17) is 23.7 Å². The van der Waals surface area contributed by atoms with Gasteiger partial charge in [0.2, 0.25) is 5.79 Å². The maximum Gasteiger partial charge on any atom is 0.329 e. The van der Waals surface area contributed by atoms with Crippen molar-refractivity contribution >= 4 is 29.2 Å². The van der Waals surface area contributed by atoms with E-state index in [1.807, 2.05) is 58.1 Å². The fourth-order valence-electron chi connectivity index (χ4n) is 10.1. The fraction of sp³-hybridized carbons (Fsp3) is 0.745. The molecule has 0 radical (unpaired) electrons. The van der Waals surface area contributed by atoms with Gasteiger partial charge in [-0.25, -0.2) is 4.79 Å². The van der Waals surface area contributed by atoms with E-state index in [0.29, 0.717) is 63.4 Å². The number of carbonyl (C=O) groups excluding carboxylic acids is 5. The van der Waals surface area contributed by atoms with Crippen LogP contribution >= 0.6 is 0 Å². The molecule has 15 atom stereocenters. The minimum Gasteiger partial charge on any atom is -0.460 e. The predicted octanol–water partition coefficient (Wildman–Crippen LogP) is 6.18. The van der Waals surface area contributed by atoms with E-state index in [1.54, 1.807) is 41.1 Å². The van der Waals surface area contributed by atoms with Crippen molar-refractivity contribution in [3.05, 3.63) is 47.6 Å². The molecule has 0 unspecified atom stereocenters. The Labute approximate surface area is 387 Å². The van der Waals surface area contributed by atoms with Gasteiger partial charge in [-0.3, -0.25) is 19.2 Å². The van der Waals surface area contributed by atoms with Crippen LogP contribution in [0.4, 0.5) is 0 Å². The number of amides is 1. The molecule has 65 heavy (non-hydrogen) atoms. The summed E-state index contributed by atoms with van der Waals surface area (Å²) < 4.78 is 29.4. The van der Waals surface area contributed by atoms with Gasteiger partial charge in [-0.15, -0.1) is 0 Å². The lowest BCUT2D eigenvalue weighted by Gasteiger charge is -2.42. The van der Waals surface area contributed by atoms with Crippen LogP contribution in [0, 0.1) is 35.5 Å². The van der Waals surface area contributed by atoms with Crippen LogP contribution in [0.25, 0.3) is 0 Å². The van der Waals surface area contributed by atoms with Gasteiger partial charge in [0.25, 0.3) is 11.7 Å². The summed E-state index contributed by atoms with van der Waals surface area (Å²) in [6, 6.07) is -1.14. The number of hydrogen-bond acceptors (Lipinski definition) is 13. The first kappa shape index (κ1) is 54.2. The van der Waals surface area contributed by atoms with Crippen LogP contribution in [0.15, 0.2) is 47.6 Å². The number of methoxy groups -OCH3 is 3. The van der Waals surface area contributed by atoms with E-state index in [0.717, 1.165) is 12.0 Å². The molecule has 3 heterocycles. The molecule has 2 saturated heterocycles. The number of nitrogens with zero attached hydrogens (tertiary/aromatic N) is 1. The van der Waals surface area contributed by atoms with Gasteiger partial charge in [0.05, 0.1) is 24.4 Å². The molecule has 2 bridgehead atoms. The Balaban J connectivity index is 1.70. The summed E-state index contributed by atoms with van der Waals surface area (Å²) in [7, 11) is 4.52. The molecule has 4 aliphatic rings. The smallest absolute Gasteiger partial charge is 0.329 e. The zero-order valence-corrected chi connectivity index (χ0v) is 40.6. The normalized spacial score (nSPS) is 40.4. The van der Waals surface area contributed by atoms with E-state index in [9.17, 15) is 39.3 Å². The van der Waals surface area contributed by atoms with Gasteiger partial charge in [0.1, 0.15) is 30.1 Å². The van der Waals surface area contributed by atoms with E-state index in [1.165, 1.54) is 12.0 Å². The van der Waals surface area contributed by atoms with Crippen LogP contribution in [-0.2, 0) is 47.7 Å². The fourth-order valence-corrected chi connectivity index (χ4v) is 10.1. The lowest BCUT2D eigenvalue weighted by atomic mass is 9.78. The number of aliphatic hydroxyl groups is 3. The highest BCUT2D eigenvalue weighted by Gasteiger charge is 2.53. The van der Waals surface area contributed by atoms with Crippen LogP contribution in [0.5, 0.6) is 0 Å². The predicted molar refractivity (Wildman–Crippen MR) is 245 cm³/mol. The quantitative estimate of drug-likeness (QED) is 0.156.